The van der Waals surface area contributed by atoms with Crippen LogP contribution in [0.4, 0.5) is 0 Å². The molecule has 0 unspecified atom stereocenters. The number of esters is 1. The molecule has 0 saturated carbocycles. The zero-order valence-corrected chi connectivity index (χ0v) is 17.0. The Morgan fingerprint density at radius 2 is 1.23 bits per heavy atom. The zero-order chi connectivity index (χ0) is 18.1. The fourth-order valence-corrected chi connectivity index (χ4v) is 3.06. The van der Waals surface area contributed by atoms with E-state index in [0.29, 0.717) is 0 Å². The summed E-state index contributed by atoms with van der Waals surface area (Å²) in [7, 11) is 0.226. The number of carbonyl (C=O) groups excluding carboxylic acids is 1. The van der Waals surface area contributed by atoms with Crippen LogP contribution in [0.1, 0.15) is 10.4 Å². The van der Waals surface area contributed by atoms with Gasteiger partial charge in [0.2, 0.25) is 0 Å². The van der Waals surface area contributed by atoms with E-state index < -0.39 is 16.8 Å². The summed E-state index contributed by atoms with van der Waals surface area (Å²) >= 11 is 0. The summed E-state index contributed by atoms with van der Waals surface area (Å²) in [5, 5.41) is 9.11. The van der Waals surface area contributed by atoms with E-state index in [1.165, 1.54) is 19.2 Å². The molecule has 0 atom stereocenters. The van der Waals surface area contributed by atoms with Gasteiger partial charge in [0.1, 0.15) is 11.3 Å². The number of hydrogen-bond acceptors (Lipinski definition) is 4. The van der Waals surface area contributed by atoms with Crippen molar-refractivity contribution in [2.75, 3.05) is 7.11 Å². The average Bonchev–Trinajstić information content (AvgIpc) is 2.69. The largest absolute Gasteiger partial charge is 3.00 e. The maximum Gasteiger partial charge on any atom is 3.00 e. The molecule has 0 aromatic heterocycles. The van der Waals surface area contributed by atoms with Crippen molar-refractivity contribution in [3.05, 3.63) is 90.5 Å². The second-order valence-electron chi connectivity index (χ2n) is 4.90. The summed E-state index contributed by atoms with van der Waals surface area (Å²) in [5.74, 6) is -0.581. The van der Waals surface area contributed by atoms with E-state index in [-0.39, 0.29) is 49.9 Å². The molecule has 0 aliphatic carbocycles. The zero-order valence-electron chi connectivity index (χ0n) is 14.0. The molecule has 6 heteroatoms. The third-order valence-corrected chi connectivity index (χ3v) is 4.62. The molecule has 0 spiro atoms. The molecule has 3 aromatic rings. The third kappa shape index (κ3) is 6.59. The Hall–Kier alpha value is -1.63. The summed E-state index contributed by atoms with van der Waals surface area (Å²) in [6.07, 6.45) is 0. The van der Waals surface area contributed by atoms with Crippen molar-refractivity contribution in [3.63, 3.8) is 0 Å². The minimum absolute atomic E-state index is 0. The predicted octanol–water partition coefficient (Wildman–Crippen LogP) is 4.03. The Bertz CT molecular complexity index is 797. The molecule has 4 nitrogen and oxygen atoms in total. The Morgan fingerprint density at radius 3 is 1.65 bits per heavy atom. The van der Waals surface area contributed by atoms with Crippen LogP contribution in [0.5, 0.6) is 5.75 Å². The van der Waals surface area contributed by atoms with Gasteiger partial charge in [-0.1, -0.05) is 48.5 Å². The Morgan fingerprint density at radius 1 is 0.808 bits per heavy atom. The van der Waals surface area contributed by atoms with Gasteiger partial charge in [-0.25, -0.2) is 9.00 Å². The molecular formula is C20H18O4STb+3. The van der Waals surface area contributed by atoms with E-state index in [0.717, 1.165) is 9.79 Å². The molecule has 0 aliphatic rings. The van der Waals surface area contributed by atoms with Gasteiger partial charge in [-0.05, 0) is 36.4 Å². The molecule has 1 N–H and O–H groups in total. The average molecular weight is 513 g/mol. The quantitative estimate of drug-likeness (QED) is 0.538. The van der Waals surface area contributed by atoms with E-state index in [1.54, 1.807) is 12.1 Å². The molecule has 0 amide bonds. The van der Waals surface area contributed by atoms with Gasteiger partial charge in [-0.15, -0.1) is 0 Å². The third-order valence-electron chi connectivity index (χ3n) is 3.22. The number of phenolic OH excluding ortho intramolecular Hbond substituents is 1. The molecular weight excluding hydrogens is 495 g/mol. The van der Waals surface area contributed by atoms with Gasteiger partial charge in [0.05, 0.1) is 17.9 Å². The number of aromatic hydroxyl groups is 1. The summed E-state index contributed by atoms with van der Waals surface area (Å²) in [6.45, 7) is 0. The van der Waals surface area contributed by atoms with E-state index in [4.69, 9.17) is 5.11 Å². The molecule has 0 aliphatic heterocycles. The van der Waals surface area contributed by atoms with Gasteiger partial charge in [0.25, 0.3) is 0 Å². The summed E-state index contributed by atoms with van der Waals surface area (Å²) in [5.41, 5.74) is 0.190. The number of benzene rings is 3. The molecule has 3 rings (SSSR count). The minimum Gasteiger partial charge on any atom is -0.507 e. The normalized spacial score (nSPS) is 9.46. The molecule has 0 bridgehead atoms. The van der Waals surface area contributed by atoms with E-state index in [2.05, 4.69) is 4.74 Å². The van der Waals surface area contributed by atoms with Crippen LogP contribution in [-0.4, -0.2) is 22.4 Å². The molecule has 0 radical (unpaired) electrons. The van der Waals surface area contributed by atoms with Crippen LogP contribution in [0.25, 0.3) is 0 Å². The van der Waals surface area contributed by atoms with Crippen molar-refractivity contribution in [2.45, 2.75) is 9.79 Å². The number of hydrogen-bond donors (Lipinski definition) is 1. The SMILES string of the molecule is COC(=O)c1ccccc1O.O=S(c1ccccc1)c1ccccc1.[Tb+3]. The van der Waals surface area contributed by atoms with Crippen LogP contribution in [0.15, 0.2) is 94.7 Å². The van der Waals surface area contributed by atoms with Crippen molar-refractivity contribution in [3.8, 4) is 5.75 Å². The van der Waals surface area contributed by atoms with E-state index in [9.17, 15) is 9.00 Å². The fraction of sp³-hybridized carbons (Fsp3) is 0.0500. The molecule has 0 heterocycles. The van der Waals surface area contributed by atoms with Crippen molar-refractivity contribution in [1.29, 1.82) is 0 Å². The first kappa shape index (κ1) is 22.4. The van der Waals surface area contributed by atoms with Gasteiger partial charge in [0.15, 0.2) is 0 Å². The second kappa shape index (κ2) is 11.9. The number of rotatable bonds is 3. The van der Waals surface area contributed by atoms with Crippen LogP contribution in [0, 0.1) is 38.6 Å². The Labute approximate surface area is 186 Å². The van der Waals surface area contributed by atoms with Crippen molar-refractivity contribution >= 4 is 16.8 Å². The topological polar surface area (TPSA) is 63.6 Å². The van der Waals surface area contributed by atoms with Crippen LogP contribution in [0.2, 0.25) is 0 Å². The summed E-state index contributed by atoms with van der Waals surface area (Å²) < 4.78 is 16.4. The maximum absolute atomic E-state index is 12.0. The molecule has 26 heavy (non-hydrogen) atoms. The van der Waals surface area contributed by atoms with Crippen LogP contribution >= 0.6 is 0 Å². The number of phenols is 1. The van der Waals surface area contributed by atoms with Gasteiger partial charge in [-0.3, -0.25) is 0 Å². The monoisotopic (exact) mass is 513 g/mol. The minimum atomic E-state index is -1.05. The van der Waals surface area contributed by atoms with Crippen molar-refractivity contribution in [2.24, 2.45) is 0 Å². The van der Waals surface area contributed by atoms with Gasteiger partial charge in [-0.2, -0.15) is 0 Å². The molecule has 134 valence electrons. The van der Waals surface area contributed by atoms with Crippen LogP contribution < -0.4 is 0 Å². The van der Waals surface area contributed by atoms with E-state index >= 15 is 0 Å². The first-order chi connectivity index (χ1) is 12.1. The maximum atomic E-state index is 12.0. The number of methoxy groups -OCH3 is 1. The Balaban J connectivity index is 0.000000258. The van der Waals surface area contributed by atoms with Crippen molar-refractivity contribution < 1.29 is 57.5 Å². The molecule has 0 fully saturated rings. The molecule has 3 aromatic carbocycles. The smallest absolute Gasteiger partial charge is 0.507 e. The van der Waals surface area contributed by atoms with Gasteiger partial charge in [0, 0.05) is 9.79 Å². The Kier molecular flexibility index (Phi) is 10.2. The standard InChI is InChI=1S/C12H10OS.C8H8O3.Tb/c13-14(11-7-3-1-4-8-11)12-9-5-2-6-10-12;1-11-8(10)6-4-2-3-5-7(6)9;/h1-10H;2-5,9H,1H3;/q;;+3. The van der Waals surface area contributed by atoms with Crippen LogP contribution in [-0.2, 0) is 15.5 Å². The second-order valence-corrected chi connectivity index (χ2v) is 6.38. The molecule has 0 saturated heterocycles. The first-order valence-corrected chi connectivity index (χ1v) is 8.66. The fourth-order valence-electron chi connectivity index (χ4n) is 1.98. The number of ether oxygens (including phenoxy) is 1. The predicted molar refractivity (Wildman–Crippen MR) is 97.0 cm³/mol. The van der Waals surface area contributed by atoms with Gasteiger partial charge >= 0.3 is 44.6 Å². The summed E-state index contributed by atoms with van der Waals surface area (Å²) in [6, 6.07) is 25.2. The van der Waals surface area contributed by atoms with Crippen LogP contribution in [0.3, 0.4) is 0 Å². The summed E-state index contributed by atoms with van der Waals surface area (Å²) in [4.78, 5) is 12.5. The van der Waals surface area contributed by atoms with E-state index in [1.807, 2.05) is 60.7 Å². The first-order valence-electron chi connectivity index (χ1n) is 7.51. The van der Waals surface area contributed by atoms with Gasteiger partial charge < -0.3 is 9.84 Å². The number of carbonyl (C=O) groups is 1. The number of para-hydroxylation sites is 1. The van der Waals surface area contributed by atoms with Crippen molar-refractivity contribution in [1.82, 2.24) is 0 Å².